The Labute approximate surface area is 189 Å². The number of aromatic hydroxyl groups is 1. The Kier molecular flexibility index (Phi) is 5.40. The molecule has 0 saturated heterocycles. The van der Waals surface area contributed by atoms with E-state index < -0.39 is 0 Å². The third kappa shape index (κ3) is 3.65. The van der Waals surface area contributed by atoms with E-state index in [2.05, 4.69) is 47.4 Å². The SMILES string of the molecule is COc1ccc2c(c1)CCC1=C2C(c2ccc(OCCN(C)C)cc2)c2ccc(O)cc21. The maximum atomic E-state index is 10.2. The van der Waals surface area contributed by atoms with Gasteiger partial charge in [0.2, 0.25) is 0 Å². The third-order valence-electron chi connectivity index (χ3n) is 6.55. The van der Waals surface area contributed by atoms with Gasteiger partial charge >= 0.3 is 0 Å². The van der Waals surface area contributed by atoms with Crippen molar-refractivity contribution in [1.82, 2.24) is 4.90 Å². The van der Waals surface area contributed by atoms with Crippen LogP contribution in [-0.2, 0) is 6.42 Å². The molecule has 0 heterocycles. The summed E-state index contributed by atoms with van der Waals surface area (Å²) < 4.78 is 11.4. The zero-order chi connectivity index (χ0) is 22.2. The number of rotatable bonds is 6. The smallest absolute Gasteiger partial charge is 0.119 e. The predicted molar refractivity (Wildman–Crippen MR) is 129 cm³/mol. The molecular formula is C28H29NO3. The summed E-state index contributed by atoms with van der Waals surface area (Å²) in [4.78, 5) is 2.11. The van der Waals surface area contributed by atoms with Gasteiger partial charge in [-0.05, 0) is 102 Å². The molecule has 4 heteroatoms. The molecule has 0 bridgehead atoms. The molecule has 5 rings (SSSR count). The van der Waals surface area contributed by atoms with Crippen molar-refractivity contribution < 1.29 is 14.6 Å². The van der Waals surface area contributed by atoms with Gasteiger partial charge in [0.25, 0.3) is 0 Å². The standard InChI is InChI=1S/C28H29NO3/c1-29(2)14-15-32-21-8-4-18(5-9-21)27-24-12-7-20(30)17-26(24)25-11-6-19-16-22(31-3)10-13-23(19)28(25)27/h4-5,7-10,12-13,16-17,27,30H,6,11,14-15H2,1-3H3. The zero-order valence-corrected chi connectivity index (χ0v) is 18.9. The highest BCUT2D eigenvalue weighted by molar-refractivity contribution is 6.03. The minimum atomic E-state index is 0.142. The van der Waals surface area contributed by atoms with Crippen LogP contribution in [0.1, 0.15) is 40.2 Å². The maximum Gasteiger partial charge on any atom is 0.119 e. The van der Waals surface area contributed by atoms with E-state index in [9.17, 15) is 5.11 Å². The van der Waals surface area contributed by atoms with Crippen LogP contribution in [0.3, 0.4) is 0 Å². The fraction of sp³-hybridized carbons (Fsp3) is 0.286. The average Bonchev–Trinajstić information content (AvgIpc) is 3.12. The van der Waals surface area contributed by atoms with Crippen molar-refractivity contribution in [3.63, 3.8) is 0 Å². The highest BCUT2D eigenvalue weighted by Crippen LogP contribution is 2.55. The predicted octanol–water partition coefficient (Wildman–Crippen LogP) is 5.34. The molecule has 0 fully saturated rings. The van der Waals surface area contributed by atoms with E-state index in [0.29, 0.717) is 12.4 Å². The molecule has 1 unspecified atom stereocenters. The van der Waals surface area contributed by atoms with Crippen molar-refractivity contribution in [2.24, 2.45) is 0 Å². The lowest BCUT2D eigenvalue weighted by atomic mass is 9.79. The summed E-state index contributed by atoms with van der Waals surface area (Å²) in [5.41, 5.74) is 9.01. The molecule has 0 aliphatic heterocycles. The zero-order valence-electron chi connectivity index (χ0n) is 18.9. The first kappa shape index (κ1) is 20.7. The minimum absolute atomic E-state index is 0.142. The Balaban J connectivity index is 1.55. The first-order chi connectivity index (χ1) is 15.5. The van der Waals surface area contributed by atoms with Crippen LogP contribution < -0.4 is 9.47 Å². The summed E-state index contributed by atoms with van der Waals surface area (Å²) in [5.74, 6) is 2.25. The number of hydrogen-bond acceptors (Lipinski definition) is 4. The second kappa shape index (κ2) is 8.36. The van der Waals surface area contributed by atoms with Crippen molar-refractivity contribution >= 4 is 11.1 Å². The minimum Gasteiger partial charge on any atom is -0.508 e. The molecule has 0 spiro atoms. The first-order valence-electron chi connectivity index (χ1n) is 11.2. The van der Waals surface area contributed by atoms with Crippen molar-refractivity contribution in [2.75, 3.05) is 34.4 Å². The second-order valence-corrected chi connectivity index (χ2v) is 8.84. The van der Waals surface area contributed by atoms with Gasteiger partial charge in [-0.15, -0.1) is 0 Å². The quantitative estimate of drug-likeness (QED) is 0.576. The lowest BCUT2D eigenvalue weighted by Crippen LogP contribution is -2.19. The molecule has 0 amide bonds. The molecule has 0 radical (unpaired) electrons. The van der Waals surface area contributed by atoms with Gasteiger partial charge in [0, 0.05) is 12.5 Å². The van der Waals surface area contributed by atoms with Gasteiger partial charge in [0.1, 0.15) is 23.9 Å². The normalized spacial score (nSPS) is 16.6. The lowest BCUT2D eigenvalue weighted by molar-refractivity contribution is 0.261. The van der Waals surface area contributed by atoms with Crippen LogP contribution in [0.2, 0.25) is 0 Å². The molecule has 164 valence electrons. The van der Waals surface area contributed by atoms with Gasteiger partial charge in [-0.2, -0.15) is 0 Å². The van der Waals surface area contributed by atoms with Gasteiger partial charge in [0.15, 0.2) is 0 Å². The van der Waals surface area contributed by atoms with Crippen LogP contribution in [0, 0.1) is 0 Å². The fourth-order valence-electron chi connectivity index (χ4n) is 4.99. The van der Waals surface area contributed by atoms with Crippen LogP contribution in [0.4, 0.5) is 0 Å². The summed E-state index contributed by atoms with van der Waals surface area (Å²) in [6, 6.07) is 20.7. The number of phenolic OH excluding ortho intramolecular Hbond substituents is 1. The summed E-state index contributed by atoms with van der Waals surface area (Å²) in [5, 5.41) is 10.2. The number of nitrogens with zero attached hydrogens (tertiary/aromatic N) is 1. The Morgan fingerprint density at radius 1 is 0.906 bits per heavy atom. The van der Waals surface area contributed by atoms with Gasteiger partial charge < -0.3 is 19.5 Å². The van der Waals surface area contributed by atoms with Gasteiger partial charge in [-0.25, -0.2) is 0 Å². The molecule has 2 aliphatic carbocycles. The number of hydrogen-bond donors (Lipinski definition) is 1. The number of allylic oxidation sites excluding steroid dienone is 2. The van der Waals surface area contributed by atoms with E-state index >= 15 is 0 Å². The molecule has 0 saturated carbocycles. The van der Waals surface area contributed by atoms with Crippen molar-refractivity contribution in [2.45, 2.75) is 18.8 Å². The lowest BCUT2D eigenvalue weighted by Gasteiger charge is -2.24. The van der Waals surface area contributed by atoms with Gasteiger partial charge in [-0.3, -0.25) is 0 Å². The number of methoxy groups -OCH3 is 1. The molecule has 32 heavy (non-hydrogen) atoms. The van der Waals surface area contributed by atoms with Crippen LogP contribution >= 0.6 is 0 Å². The monoisotopic (exact) mass is 427 g/mol. The van der Waals surface area contributed by atoms with Crippen molar-refractivity contribution in [3.05, 3.63) is 88.5 Å². The Morgan fingerprint density at radius 3 is 2.44 bits per heavy atom. The molecule has 3 aromatic carbocycles. The average molecular weight is 428 g/mol. The Hall–Kier alpha value is -3.24. The number of likely N-dealkylation sites (N-methyl/N-ethyl adjacent to an activating group) is 1. The van der Waals surface area contributed by atoms with E-state index in [-0.39, 0.29) is 5.92 Å². The molecule has 0 aromatic heterocycles. The fourth-order valence-corrected chi connectivity index (χ4v) is 4.99. The van der Waals surface area contributed by atoms with E-state index in [4.69, 9.17) is 9.47 Å². The van der Waals surface area contributed by atoms with Crippen LogP contribution in [0.5, 0.6) is 17.2 Å². The number of phenols is 1. The van der Waals surface area contributed by atoms with Crippen molar-refractivity contribution in [3.8, 4) is 17.2 Å². The first-order valence-corrected chi connectivity index (χ1v) is 11.2. The summed E-state index contributed by atoms with van der Waals surface area (Å²) in [6.45, 7) is 1.56. The summed E-state index contributed by atoms with van der Waals surface area (Å²) in [6.07, 6.45) is 1.94. The van der Waals surface area contributed by atoms with Crippen LogP contribution in [0.15, 0.2) is 60.7 Å². The van der Waals surface area contributed by atoms with Crippen molar-refractivity contribution in [1.29, 1.82) is 0 Å². The number of ether oxygens (including phenoxy) is 2. The van der Waals surface area contributed by atoms with E-state index in [1.807, 2.05) is 26.2 Å². The van der Waals surface area contributed by atoms with Gasteiger partial charge in [0.05, 0.1) is 7.11 Å². The van der Waals surface area contributed by atoms with E-state index in [1.54, 1.807) is 13.2 Å². The molecule has 3 aromatic rings. The number of aryl methyl sites for hydroxylation is 1. The molecule has 4 nitrogen and oxygen atoms in total. The highest BCUT2D eigenvalue weighted by atomic mass is 16.5. The molecule has 1 atom stereocenters. The topological polar surface area (TPSA) is 41.9 Å². The third-order valence-corrected chi connectivity index (χ3v) is 6.55. The second-order valence-electron chi connectivity index (χ2n) is 8.84. The highest BCUT2D eigenvalue weighted by Gasteiger charge is 2.36. The Bertz CT molecular complexity index is 1180. The van der Waals surface area contributed by atoms with E-state index in [0.717, 1.165) is 30.9 Å². The van der Waals surface area contributed by atoms with Crippen LogP contribution in [-0.4, -0.2) is 44.4 Å². The largest absolute Gasteiger partial charge is 0.508 e. The Morgan fingerprint density at radius 2 is 1.69 bits per heavy atom. The van der Waals surface area contributed by atoms with Crippen LogP contribution in [0.25, 0.3) is 11.1 Å². The summed E-state index contributed by atoms with van der Waals surface area (Å²) >= 11 is 0. The van der Waals surface area contributed by atoms with Gasteiger partial charge in [-0.1, -0.05) is 24.3 Å². The molecule has 2 aliphatic rings. The molecular weight excluding hydrogens is 398 g/mol. The maximum absolute atomic E-state index is 10.2. The molecule has 1 N–H and O–H groups in total. The number of fused-ring (bicyclic) bond motifs is 4. The number of benzene rings is 3. The summed E-state index contributed by atoms with van der Waals surface area (Å²) in [7, 11) is 5.81. The van der Waals surface area contributed by atoms with E-state index in [1.165, 1.54) is 39.0 Å².